The van der Waals surface area contributed by atoms with E-state index in [0.29, 0.717) is 5.56 Å². The van der Waals surface area contributed by atoms with Gasteiger partial charge in [-0.25, -0.2) is 4.39 Å². The fraction of sp³-hybridized carbons (Fsp3) is 0.143. The molecule has 0 aliphatic rings. The van der Waals surface area contributed by atoms with Crippen LogP contribution in [0.25, 0.3) is 0 Å². The van der Waals surface area contributed by atoms with E-state index in [4.69, 9.17) is 4.42 Å². The van der Waals surface area contributed by atoms with Gasteiger partial charge in [0.2, 0.25) is 0 Å². The second-order valence-electron chi connectivity index (χ2n) is 3.98. The van der Waals surface area contributed by atoms with Crippen LogP contribution in [0.3, 0.4) is 0 Å². The molecule has 4 nitrogen and oxygen atoms in total. The molecule has 1 unspecified atom stereocenters. The van der Waals surface area contributed by atoms with Crippen LogP contribution in [0.15, 0.2) is 47.1 Å². The van der Waals surface area contributed by atoms with Crippen molar-refractivity contribution in [2.75, 3.05) is 7.05 Å². The number of hydrogen-bond donors (Lipinski definition) is 0. The summed E-state index contributed by atoms with van der Waals surface area (Å²) in [5.41, 5.74) is 0.548. The van der Waals surface area contributed by atoms with Crippen molar-refractivity contribution in [1.29, 1.82) is 5.26 Å². The van der Waals surface area contributed by atoms with Crippen molar-refractivity contribution >= 4 is 5.91 Å². The van der Waals surface area contributed by atoms with E-state index in [2.05, 4.69) is 0 Å². The SMILES string of the molecule is CN(C(=O)c1ccco1)C(C#N)c1ccc(F)cc1. The third-order valence-corrected chi connectivity index (χ3v) is 2.75. The Balaban J connectivity index is 2.25. The molecule has 0 saturated heterocycles. The molecule has 96 valence electrons. The van der Waals surface area contributed by atoms with Gasteiger partial charge >= 0.3 is 0 Å². The Morgan fingerprint density at radius 3 is 2.58 bits per heavy atom. The van der Waals surface area contributed by atoms with Gasteiger partial charge in [0.25, 0.3) is 5.91 Å². The van der Waals surface area contributed by atoms with Crippen LogP contribution < -0.4 is 0 Å². The summed E-state index contributed by atoms with van der Waals surface area (Å²) < 4.78 is 17.9. The first kappa shape index (κ1) is 12.8. The average Bonchev–Trinajstić information content (AvgIpc) is 2.94. The molecule has 0 aliphatic carbocycles. The Kier molecular flexibility index (Phi) is 3.62. The number of nitriles is 1. The van der Waals surface area contributed by atoms with E-state index in [-0.39, 0.29) is 11.6 Å². The molecule has 1 heterocycles. The molecule has 0 fully saturated rings. The van der Waals surface area contributed by atoms with Crippen molar-refractivity contribution < 1.29 is 13.6 Å². The lowest BCUT2D eigenvalue weighted by Crippen LogP contribution is -2.30. The molecule has 2 aromatic rings. The van der Waals surface area contributed by atoms with E-state index in [1.165, 1.54) is 48.5 Å². The van der Waals surface area contributed by atoms with Crippen LogP contribution in [0.2, 0.25) is 0 Å². The third-order valence-electron chi connectivity index (χ3n) is 2.75. The molecule has 0 radical (unpaired) electrons. The first-order valence-corrected chi connectivity index (χ1v) is 5.59. The summed E-state index contributed by atoms with van der Waals surface area (Å²) >= 11 is 0. The minimum Gasteiger partial charge on any atom is -0.459 e. The fourth-order valence-corrected chi connectivity index (χ4v) is 1.72. The summed E-state index contributed by atoms with van der Waals surface area (Å²) in [6.07, 6.45) is 1.39. The number of nitrogens with zero attached hydrogens (tertiary/aromatic N) is 2. The normalized spacial score (nSPS) is 11.6. The maximum atomic E-state index is 12.9. The van der Waals surface area contributed by atoms with Crippen molar-refractivity contribution in [3.63, 3.8) is 0 Å². The van der Waals surface area contributed by atoms with Gasteiger partial charge in [0.15, 0.2) is 5.76 Å². The van der Waals surface area contributed by atoms with Crippen LogP contribution in [0.5, 0.6) is 0 Å². The smallest absolute Gasteiger partial charge is 0.290 e. The first-order valence-electron chi connectivity index (χ1n) is 5.59. The largest absolute Gasteiger partial charge is 0.459 e. The van der Waals surface area contributed by atoms with E-state index in [1.54, 1.807) is 6.07 Å². The van der Waals surface area contributed by atoms with Crippen molar-refractivity contribution in [2.24, 2.45) is 0 Å². The van der Waals surface area contributed by atoms with E-state index >= 15 is 0 Å². The highest BCUT2D eigenvalue weighted by atomic mass is 19.1. The molecule has 1 aromatic heterocycles. The van der Waals surface area contributed by atoms with Crippen LogP contribution >= 0.6 is 0 Å². The highest BCUT2D eigenvalue weighted by molar-refractivity contribution is 5.91. The molecule has 0 aliphatic heterocycles. The van der Waals surface area contributed by atoms with E-state index in [1.807, 2.05) is 6.07 Å². The molecule has 0 spiro atoms. The molecule has 0 bridgehead atoms. The monoisotopic (exact) mass is 258 g/mol. The number of hydrogen-bond acceptors (Lipinski definition) is 3. The minimum atomic E-state index is -0.793. The number of rotatable bonds is 3. The molecule has 0 saturated carbocycles. The molecular weight excluding hydrogens is 247 g/mol. The Hall–Kier alpha value is -2.61. The maximum Gasteiger partial charge on any atom is 0.290 e. The van der Waals surface area contributed by atoms with Gasteiger partial charge in [-0.1, -0.05) is 12.1 Å². The van der Waals surface area contributed by atoms with Gasteiger partial charge in [-0.05, 0) is 29.8 Å². The van der Waals surface area contributed by atoms with Crippen LogP contribution in [0, 0.1) is 17.1 Å². The number of carbonyl (C=O) groups excluding carboxylic acids is 1. The minimum absolute atomic E-state index is 0.157. The zero-order valence-corrected chi connectivity index (χ0v) is 10.2. The van der Waals surface area contributed by atoms with Gasteiger partial charge in [-0.15, -0.1) is 0 Å². The second-order valence-corrected chi connectivity index (χ2v) is 3.98. The number of carbonyl (C=O) groups is 1. The molecule has 19 heavy (non-hydrogen) atoms. The van der Waals surface area contributed by atoms with E-state index < -0.39 is 11.9 Å². The zero-order valence-electron chi connectivity index (χ0n) is 10.2. The maximum absolute atomic E-state index is 12.9. The van der Waals surface area contributed by atoms with Crippen LogP contribution in [-0.4, -0.2) is 17.9 Å². The quantitative estimate of drug-likeness (QED) is 0.850. The van der Waals surface area contributed by atoms with Gasteiger partial charge in [-0.2, -0.15) is 5.26 Å². The van der Waals surface area contributed by atoms with Crippen molar-refractivity contribution in [3.8, 4) is 6.07 Å². The highest BCUT2D eigenvalue weighted by Crippen LogP contribution is 2.21. The Labute approximate surface area is 109 Å². The summed E-state index contributed by atoms with van der Waals surface area (Å²) in [5, 5.41) is 9.20. The van der Waals surface area contributed by atoms with Crippen molar-refractivity contribution in [3.05, 3.63) is 59.8 Å². The predicted octanol–water partition coefficient (Wildman–Crippen LogP) is 2.76. The van der Waals surface area contributed by atoms with Crippen molar-refractivity contribution in [2.45, 2.75) is 6.04 Å². The van der Waals surface area contributed by atoms with Gasteiger partial charge in [0.05, 0.1) is 12.3 Å². The second kappa shape index (κ2) is 5.36. The van der Waals surface area contributed by atoms with E-state index in [0.717, 1.165) is 0 Å². The molecule has 0 N–H and O–H groups in total. The van der Waals surface area contributed by atoms with E-state index in [9.17, 15) is 14.4 Å². The highest BCUT2D eigenvalue weighted by Gasteiger charge is 2.24. The standard InChI is InChI=1S/C14H11FN2O2/c1-17(14(18)13-3-2-8-19-13)12(9-16)10-4-6-11(15)7-5-10/h2-8,12H,1H3. The fourth-order valence-electron chi connectivity index (χ4n) is 1.72. The Bertz CT molecular complexity index is 599. The summed E-state index contributed by atoms with van der Waals surface area (Å²) in [6, 6.07) is 9.82. The topological polar surface area (TPSA) is 57.2 Å². The first-order chi connectivity index (χ1) is 9.13. The van der Waals surface area contributed by atoms with Gasteiger partial charge in [0, 0.05) is 7.05 Å². The summed E-state index contributed by atoms with van der Waals surface area (Å²) in [4.78, 5) is 13.3. The van der Waals surface area contributed by atoms with Gasteiger partial charge in [0.1, 0.15) is 11.9 Å². The molecule has 5 heteroatoms. The summed E-state index contributed by atoms with van der Waals surface area (Å²) in [6.45, 7) is 0. The van der Waals surface area contributed by atoms with Crippen LogP contribution in [-0.2, 0) is 0 Å². The lowest BCUT2D eigenvalue weighted by molar-refractivity contribution is 0.0731. The van der Waals surface area contributed by atoms with Gasteiger partial charge < -0.3 is 9.32 Å². The molecular formula is C14H11FN2O2. The molecule has 1 atom stereocenters. The number of amides is 1. The molecule has 1 aromatic carbocycles. The zero-order chi connectivity index (χ0) is 13.8. The average molecular weight is 258 g/mol. The predicted molar refractivity (Wildman–Crippen MR) is 65.6 cm³/mol. The summed E-state index contributed by atoms with van der Waals surface area (Å²) in [5.74, 6) is -0.633. The molecule has 2 rings (SSSR count). The number of furan rings is 1. The van der Waals surface area contributed by atoms with Crippen molar-refractivity contribution in [1.82, 2.24) is 4.90 Å². The number of benzene rings is 1. The Morgan fingerprint density at radius 2 is 2.05 bits per heavy atom. The number of halogens is 1. The lowest BCUT2D eigenvalue weighted by atomic mass is 10.1. The lowest BCUT2D eigenvalue weighted by Gasteiger charge is -2.22. The summed E-state index contributed by atoms with van der Waals surface area (Å²) in [7, 11) is 1.50. The Morgan fingerprint density at radius 1 is 1.37 bits per heavy atom. The van der Waals surface area contributed by atoms with Crippen LogP contribution in [0.1, 0.15) is 22.2 Å². The van der Waals surface area contributed by atoms with Gasteiger partial charge in [-0.3, -0.25) is 4.79 Å². The molecule has 1 amide bonds. The van der Waals surface area contributed by atoms with Crippen LogP contribution in [0.4, 0.5) is 4.39 Å². The third kappa shape index (κ3) is 2.63.